The van der Waals surface area contributed by atoms with E-state index in [1.54, 1.807) is 4.90 Å². The second kappa shape index (κ2) is 7.06. The number of carbonyl (C=O) groups excluding carboxylic acids is 1. The predicted molar refractivity (Wildman–Crippen MR) is 126 cm³/mol. The van der Waals surface area contributed by atoms with Gasteiger partial charge in [-0.2, -0.15) is 0 Å². The van der Waals surface area contributed by atoms with E-state index in [0.29, 0.717) is 18.1 Å². The molecule has 1 amide bonds. The van der Waals surface area contributed by atoms with E-state index in [1.807, 2.05) is 54.6 Å². The summed E-state index contributed by atoms with van der Waals surface area (Å²) >= 11 is 5.92. The van der Waals surface area contributed by atoms with E-state index in [0.717, 1.165) is 22.3 Å². The summed E-state index contributed by atoms with van der Waals surface area (Å²) in [5.74, 6) is 0.0886. The highest BCUT2D eigenvalue weighted by molar-refractivity contribution is 7.80. The summed E-state index contributed by atoms with van der Waals surface area (Å²) in [5.41, 5.74) is 5.69. The minimum absolute atomic E-state index is 0.0886. The lowest BCUT2D eigenvalue weighted by molar-refractivity contribution is -0.128. The SMILES string of the molecule is O=C1C2Cc3c([nH]c4ccccc34)C(c3ccccc3)N2C(=S)N1Cc1ccccc1. The lowest BCUT2D eigenvalue weighted by Crippen LogP contribution is -2.44. The Morgan fingerprint density at radius 3 is 2.35 bits per heavy atom. The number of hydrogen-bond donors (Lipinski definition) is 1. The van der Waals surface area contributed by atoms with Gasteiger partial charge in [0.15, 0.2) is 5.11 Å². The monoisotopic (exact) mass is 423 g/mol. The number of nitrogens with one attached hydrogen (secondary N) is 1. The van der Waals surface area contributed by atoms with Crippen LogP contribution in [-0.2, 0) is 17.8 Å². The van der Waals surface area contributed by atoms with Crippen LogP contribution in [0.25, 0.3) is 10.9 Å². The van der Waals surface area contributed by atoms with Crippen molar-refractivity contribution in [1.29, 1.82) is 0 Å². The Bertz CT molecular complexity index is 1300. The minimum Gasteiger partial charge on any atom is -0.356 e. The molecule has 2 atom stereocenters. The van der Waals surface area contributed by atoms with E-state index in [9.17, 15) is 4.79 Å². The molecule has 6 rings (SSSR count). The molecule has 152 valence electrons. The molecule has 4 nitrogen and oxygen atoms in total. The number of aromatic amines is 1. The zero-order chi connectivity index (χ0) is 20.9. The molecule has 0 bridgehead atoms. The molecule has 2 aliphatic heterocycles. The lowest BCUT2D eigenvalue weighted by atomic mass is 9.89. The largest absolute Gasteiger partial charge is 0.356 e. The van der Waals surface area contributed by atoms with Crippen LogP contribution < -0.4 is 0 Å². The van der Waals surface area contributed by atoms with Gasteiger partial charge in [-0.05, 0) is 35.0 Å². The Morgan fingerprint density at radius 2 is 1.58 bits per heavy atom. The average molecular weight is 424 g/mol. The fourth-order valence-electron chi connectivity index (χ4n) is 5.02. The first-order valence-electron chi connectivity index (χ1n) is 10.5. The van der Waals surface area contributed by atoms with Gasteiger partial charge in [-0.25, -0.2) is 0 Å². The van der Waals surface area contributed by atoms with Gasteiger partial charge in [0.25, 0.3) is 5.91 Å². The highest BCUT2D eigenvalue weighted by Crippen LogP contribution is 2.44. The van der Waals surface area contributed by atoms with Crippen LogP contribution >= 0.6 is 12.2 Å². The summed E-state index contributed by atoms with van der Waals surface area (Å²) in [6, 6.07) is 28.4. The van der Waals surface area contributed by atoms with Gasteiger partial charge in [0.05, 0.1) is 12.6 Å². The van der Waals surface area contributed by atoms with Crippen LogP contribution in [-0.4, -0.2) is 31.8 Å². The van der Waals surface area contributed by atoms with Crippen LogP contribution in [0.3, 0.4) is 0 Å². The summed E-state index contributed by atoms with van der Waals surface area (Å²) in [7, 11) is 0. The zero-order valence-electron chi connectivity index (χ0n) is 16.9. The Kier molecular flexibility index (Phi) is 4.18. The highest BCUT2D eigenvalue weighted by atomic mass is 32.1. The van der Waals surface area contributed by atoms with Crippen molar-refractivity contribution in [3.05, 3.63) is 107 Å². The number of thiocarbonyl (C=S) groups is 1. The number of hydrogen-bond acceptors (Lipinski definition) is 2. The van der Waals surface area contributed by atoms with Crippen LogP contribution in [0.15, 0.2) is 84.9 Å². The summed E-state index contributed by atoms with van der Waals surface area (Å²) in [6.07, 6.45) is 0.660. The standard InChI is InChI=1S/C26H21N3OS/c30-25-22-15-20-19-13-7-8-14-21(19)27-23(20)24(18-11-5-2-6-12-18)29(22)26(31)28(25)16-17-9-3-1-4-10-17/h1-14,22,24,27H,15-16H2. The van der Waals surface area contributed by atoms with Crippen molar-refractivity contribution in [2.45, 2.75) is 25.0 Å². The van der Waals surface area contributed by atoms with E-state index in [1.165, 1.54) is 10.9 Å². The maximum Gasteiger partial charge on any atom is 0.252 e. The number of benzene rings is 3. The summed E-state index contributed by atoms with van der Waals surface area (Å²) in [5, 5.41) is 1.80. The van der Waals surface area contributed by atoms with Crippen molar-refractivity contribution in [2.75, 3.05) is 0 Å². The topological polar surface area (TPSA) is 39.3 Å². The number of para-hydroxylation sites is 1. The lowest BCUT2D eigenvalue weighted by Gasteiger charge is -2.37. The molecule has 2 unspecified atom stereocenters. The van der Waals surface area contributed by atoms with Crippen molar-refractivity contribution in [2.24, 2.45) is 0 Å². The molecular weight excluding hydrogens is 402 g/mol. The van der Waals surface area contributed by atoms with Crippen LogP contribution in [0.4, 0.5) is 0 Å². The third-order valence-electron chi connectivity index (χ3n) is 6.43. The molecule has 3 heterocycles. The Balaban J connectivity index is 1.49. The maximum absolute atomic E-state index is 13.6. The zero-order valence-corrected chi connectivity index (χ0v) is 17.7. The van der Waals surface area contributed by atoms with Crippen molar-refractivity contribution in [1.82, 2.24) is 14.8 Å². The molecule has 5 heteroatoms. The Morgan fingerprint density at radius 1 is 0.903 bits per heavy atom. The molecule has 1 N–H and O–H groups in total. The molecule has 4 aromatic rings. The second-order valence-corrected chi connectivity index (χ2v) is 8.56. The highest BCUT2D eigenvalue weighted by Gasteiger charge is 2.50. The quantitative estimate of drug-likeness (QED) is 0.481. The van der Waals surface area contributed by atoms with Gasteiger partial charge in [-0.1, -0.05) is 78.9 Å². The maximum atomic E-state index is 13.6. The molecule has 0 radical (unpaired) electrons. The van der Waals surface area contributed by atoms with Gasteiger partial charge in [-0.15, -0.1) is 0 Å². The van der Waals surface area contributed by atoms with Gasteiger partial charge in [0, 0.05) is 23.0 Å². The van der Waals surface area contributed by atoms with Crippen LogP contribution in [0, 0.1) is 0 Å². The van der Waals surface area contributed by atoms with Crippen LogP contribution in [0.1, 0.15) is 28.4 Å². The van der Waals surface area contributed by atoms with E-state index in [4.69, 9.17) is 12.2 Å². The van der Waals surface area contributed by atoms with E-state index in [-0.39, 0.29) is 18.0 Å². The van der Waals surface area contributed by atoms with Gasteiger partial charge < -0.3 is 9.88 Å². The number of aromatic nitrogens is 1. The van der Waals surface area contributed by atoms with Crippen molar-refractivity contribution >= 4 is 34.1 Å². The van der Waals surface area contributed by atoms with E-state index in [2.05, 4.69) is 40.2 Å². The molecule has 1 saturated heterocycles. The van der Waals surface area contributed by atoms with Crippen molar-refractivity contribution in [3.63, 3.8) is 0 Å². The number of H-pyrrole nitrogens is 1. The van der Waals surface area contributed by atoms with Gasteiger partial charge >= 0.3 is 0 Å². The number of amides is 1. The fourth-order valence-corrected chi connectivity index (χ4v) is 5.41. The first-order valence-corrected chi connectivity index (χ1v) is 11.0. The summed E-state index contributed by atoms with van der Waals surface area (Å²) < 4.78 is 0. The fraction of sp³-hybridized carbons (Fsp3) is 0.154. The molecular formula is C26H21N3OS. The Labute approximate surface area is 186 Å². The van der Waals surface area contributed by atoms with E-state index < -0.39 is 0 Å². The molecule has 1 aromatic heterocycles. The van der Waals surface area contributed by atoms with Crippen LogP contribution in [0.5, 0.6) is 0 Å². The van der Waals surface area contributed by atoms with E-state index >= 15 is 0 Å². The molecule has 31 heavy (non-hydrogen) atoms. The van der Waals surface area contributed by atoms with Crippen LogP contribution in [0.2, 0.25) is 0 Å². The van der Waals surface area contributed by atoms with Gasteiger partial charge in [0.1, 0.15) is 6.04 Å². The number of carbonyl (C=O) groups is 1. The Hall–Kier alpha value is -3.44. The molecule has 1 fully saturated rings. The molecule has 0 saturated carbocycles. The summed E-state index contributed by atoms with van der Waals surface area (Å²) in [6.45, 7) is 0.502. The average Bonchev–Trinajstić information content (AvgIpc) is 3.30. The molecule has 3 aromatic carbocycles. The minimum atomic E-state index is -0.284. The second-order valence-electron chi connectivity index (χ2n) is 8.20. The third-order valence-corrected chi connectivity index (χ3v) is 6.86. The van der Waals surface area contributed by atoms with Crippen molar-refractivity contribution < 1.29 is 4.79 Å². The molecule has 0 aliphatic carbocycles. The van der Waals surface area contributed by atoms with Gasteiger partial charge in [-0.3, -0.25) is 9.69 Å². The third kappa shape index (κ3) is 2.81. The van der Waals surface area contributed by atoms with Crippen molar-refractivity contribution in [3.8, 4) is 0 Å². The summed E-state index contributed by atoms with van der Waals surface area (Å²) in [4.78, 5) is 21.2. The number of fused-ring (bicyclic) bond motifs is 4. The smallest absolute Gasteiger partial charge is 0.252 e. The molecule has 0 spiro atoms. The first-order chi connectivity index (χ1) is 15.2. The first kappa shape index (κ1) is 18.3. The van der Waals surface area contributed by atoms with Gasteiger partial charge in [0.2, 0.25) is 0 Å². The number of rotatable bonds is 3. The normalized spacial score (nSPS) is 20.3. The number of nitrogens with zero attached hydrogens (tertiary/aromatic N) is 2. The predicted octanol–water partition coefficient (Wildman–Crippen LogP) is 4.81. The molecule has 2 aliphatic rings.